The van der Waals surface area contributed by atoms with Gasteiger partial charge in [-0.15, -0.1) is 0 Å². The third-order valence-electron chi connectivity index (χ3n) is 2.83. The van der Waals surface area contributed by atoms with E-state index in [0.717, 1.165) is 0 Å². The maximum atomic E-state index is 13.4. The Morgan fingerprint density at radius 3 is 2.71 bits per heavy atom. The molecule has 0 bridgehead atoms. The maximum absolute atomic E-state index is 13.4. The monoisotopic (exact) mass is 288 g/mol. The Bertz CT molecular complexity index is 699. The number of anilines is 1. The first-order chi connectivity index (χ1) is 10.0. The van der Waals surface area contributed by atoms with Gasteiger partial charge in [0.25, 0.3) is 5.91 Å². The largest absolute Gasteiger partial charge is 0.409 e. The Balaban J connectivity index is 2.14. The molecule has 0 aliphatic rings. The van der Waals surface area contributed by atoms with Crippen LogP contribution < -0.4 is 11.1 Å². The number of pyridine rings is 1. The highest BCUT2D eigenvalue weighted by Gasteiger charge is 2.09. The zero-order valence-corrected chi connectivity index (χ0v) is 11.2. The van der Waals surface area contributed by atoms with E-state index >= 15 is 0 Å². The van der Waals surface area contributed by atoms with Crippen LogP contribution in [0.3, 0.4) is 0 Å². The van der Waals surface area contributed by atoms with Crippen LogP contribution in [0.2, 0.25) is 0 Å². The first-order valence-electron chi connectivity index (χ1n) is 6.02. The van der Waals surface area contributed by atoms with E-state index in [0.29, 0.717) is 16.8 Å². The van der Waals surface area contributed by atoms with Gasteiger partial charge < -0.3 is 16.3 Å². The fraction of sp³-hybridized carbons (Fsp3) is 0.0714. The molecule has 0 radical (unpaired) electrons. The number of carbonyl (C=O) groups excluding carboxylic acids is 1. The van der Waals surface area contributed by atoms with Gasteiger partial charge in [-0.3, -0.25) is 9.78 Å². The average molecular weight is 288 g/mol. The van der Waals surface area contributed by atoms with Crippen molar-refractivity contribution in [2.45, 2.75) is 6.92 Å². The summed E-state index contributed by atoms with van der Waals surface area (Å²) in [4.78, 5) is 15.9. The lowest BCUT2D eigenvalue weighted by atomic mass is 10.2. The number of oxime groups is 1. The summed E-state index contributed by atoms with van der Waals surface area (Å²) in [6.45, 7) is 1.63. The number of hydrogen-bond donors (Lipinski definition) is 3. The molecule has 0 saturated heterocycles. The number of rotatable bonds is 3. The van der Waals surface area contributed by atoms with Crippen molar-refractivity contribution in [1.29, 1.82) is 0 Å². The van der Waals surface area contributed by atoms with E-state index in [1.807, 2.05) is 0 Å². The van der Waals surface area contributed by atoms with E-state index in [9.17, 15) is 9.18 Å². The summed E-state index contributed by atoms with van der Waals surface area (Å²) in [5.41, 5.74) is 6.74. The third-order valence-corrected chi connectivity index (χ3v) is 2.83. The summed E-state index contributed by atoms with van der Waals surface area (Å²) in [7, 11) is 0. The van der Waals surface area contributed by atoms with Crippen LogP contribution in [-0.2, 0) is 0 Å². The topological polar surface area (TPSA) is 101 Å². The molecule has 0 fully saturated rings. The van der Waals surface area contributed by atoms with E-state index < -0.39 is 11.7 Å². The van der Waals surface area contributed by atoms with Crippen LogP contribution in [-0.4, -0.2) is 21.9 Å². The summed E-state index contributed by atoms with van der Waals surface area (Å²) in [5, 5.41) is 13.9. The van der Waals surface area contributed by atoms with Crippen molar-refractivity contribution in [2.75, 3.05) is 5.32 Å². The third kappa shape index (κ3) is 3.33. The second kappa shape index (κ2) is 6.00. The van der Waals surface area contributed by atoms with Gasteiger partial charge in [0.15, 0.2) is 5.84 Å². The molecule has 2 aromatic rings. The molecule has 0 saturated carbocycles. The first kappa shape index (κ1) is 14.4. The maximum Gasteiger partial charge on any atom is 0.274 e. The van der Waals surface area contributed by atoms with E-state index in [1.54, 1.807) is 19.1 Å². The Morgan fingerprint density at radius 1 is 1.38 bits per heavy atom. The van der Waals surface area contributed by atoms with Crippen molar-refractivity contribution >= 4 is 17.4 Å². The fourth-order valence-corrected chi connectivity index (χ4v) is 1.60. The number of nitrogens with one attached hydrogen (secondary N) is 1. The SMILES string of the molecule is Cc1ccc(NC(=O)c2ccc(C(N)=NO)cn2)cc1F. The normalized spacial score (nSPS) is 11.2. The standard InChI is InChI=1S/C14H13FN4O2/c1-8-2-4-10(6-11(8)15)18-14(20)12-5-3-9(7-17-12)13(16)19-21/h2-7,21H,1H3,(H2,16,19)(H,18,20). The molecule has 1 aromatic carbocycles. The number of hydrogen-bond acceptors (Lipinski definition) is 4. The van der Waals surface area contributed by atoms with E-state index in [4.69, 9.17) is 10.9 Å². The van der Waals surface area contributed by atoms with Gasteiger partial charge in [0, 0.05) is 17.4 Å². The zero-order chi connectivity index (χ0) is 15.4. The van der Waals surface area contributed by atoms with Crippen LogP contribution in [0.4, 0.5) is 10.1 Å². The van der Waals surface area contributed by atoms with Gasteiger partial charge in [0.05, 0.1) is 0 Å². The molecule has 0 spiro atoms. The summed E-state index contributed by atoms with van der Waals surface area (Å²) < 4.78 is 13.4. The molecule has 2 rings (SSSR count). The van der Waals surface area contributed by atoms with Gasteiger partial charge in [-0.25, -0.2) is 4.39 Å². The van der Waals surface area contributed by atoms with Crippen molar-refractivity contribution in [3.8, 4) is 0 Å². The minimum Gasteiger partial charge on any atom is -0.409 e. The minimum atomic E-state index is -0.482. The molecule has 0 unspecified atom stereocenters. The van der Waals surface area contributed by atoms with E-state index in [2.05, 4.69) is 15.5 Å². The van der Waals surface area contributed by atoms with Gasteiger partial charge in [-0.05, 0) is 36.8 Å². The first-order valence-corrected chi connectivity index (χ1v) is 6.02. The summed E-state index contributed by atoms with van der Waals surface area (Å²) >= 11 is 0. The molecule has 4 N–H and O–H groups in total. The number of amides is 1. The molecule has 1 heterocycles. The predicted molar refractivity (Wildman–Crippen MR) is 75.8 cm³/mol. The Hall–Kier alpha value is -2.96. The number of halogens is 1. The molecule has 1 aromatic heterocycles. The van der Waals surface area contributed by atoms with E-state index in [1.165, 1.54) is 24.4 Å². The Labute approximate surface area is 120 Å². The van der Waals surface area contributed by atoms with Gasteiger partial charge in [-0.1, -0.05) is 11.2 Å². The van der Waals surface area contributed by atoms with Crippen molar-refractivity contribution in [2.24, 2.45) is 10.9 Å². The molecule has 7 heteroatoms. The van der Waals surface area contributed by atoms with Crippen molar-refractivity contribution in [1.82, 2.24) is 4.98 Å². The predicted octanol–water partition coefficient (Wildman–Crippen LogP) is 1.88. The van der Waals surface area contributed by atoms with Crippen LogP contribution in [0.25, 0.3) is 0 Å². The lowest BCUT2D eigenvalue weighted by Gasteiger charge is -2.06. The molecule has 6 nitrogen and oxygen atoms in total. The van der Waals surface area contributed by atoms with Crippen LogP contribution in [0, 0.1) is 12.7 Å². The van der Waals surface area contributed by atoms with Gasteiger partial charge in [0.2, 0.25) is 0 Å². The number of nitrogens with two attached hydrogens (primary N) is 1. The summed E-state index contributed by atoms with van der Waals surface area (Å²) in [6, 6.07) is 7.32. The molecule has 1 amide bonds. The number of carbonyl (C=O) groups is 1. The van der Waals surface area contributed by atoms with E-state index in [-0.39, 0.29) is 11.5 Å². The smallest absolute Gasteiger partial charge is 0.274 e. The number of aryl methyl sites for hydroxylation is 1. The van der Waals surface area contributed by atoms with Crippen molar-refractivity contribution < 1.29 is 14.4 Å². The Morgan fingerprint density at radius 2 is 2.14 bits per heavy atom. The van der Waals surface area contributed by atoms with Crippen molar-refractivity contribution in [3.63, 3.8) is 0 Å². The van der Waals surface area contributed by atoms with Crippen LogP contribution >= 0.6 is 0 Å². The highest BCUT2D eigenvalue weighted by atomic mass is 19.1. The lowest BCUT2D eigenvalue weighted by Crippen LogP contribution is -2.16. The number of nitrogens with zero attached hydrogens (tertiary/aromatic N) is 2. The molecule has 108 valence electrons. The molecule has 0 atom stereocenters. The summed E-state index contributed by atoms with van der Waals surface area (Å²) in [5.74, 6) is -0.984. The molecule has 0 aliphatic heterocycles. The minimum absolute atomic E-state index is 0.102. The number of aromatic nitrogens is 1. The number of amidine groups is 1. The quantitative estimate of drug-likeness (QED) is 0.347. The van der Waals surface area contributed by atoms with Crippen LogP contribution in [0.1, 0.15) is 21.6 Å². The highest BCUT2D eigenvalue weighted by Crippen LogP contribution is 2.14. The van der Waals surface area contributed by atoms with Gasteiger partial charge in [0.1, 0.15) is 11.5 Å². The molecule has 21 heavy (non-hydrogen) atoms. The second-order valence-electron chi connectivity index (χ2n) is 4.34. The van der Waals surface area contributed by atoms with Gasteiger partial charge in [-0.2, -0.15) is 0 Å². The summed E-state index contributed by atoms with van der Waals surface area (Å²) in [6.07, 6.45) is 1.31. The average Bonchev–Trinajstić information content (AvgIpc) is 2.50. The lowest BCUT2D eigenvalue weighted by molar-refractivity contribution is 0.102. The molecular formula is C14H13FN4O2. The molecule has 0 aliphatic carbocycles. The van der Waals surface area contributed by atoms with Crippen molar-refractivity contribution in [3.05, 3.63) is 59.2 Å². The van der Waals surface area contributed by atoms with Gasteiger partial charge >= 0.3 is 0 Å². The molecular weight excluding hydrogens is 275 g/mol. The highest BCUT2D eigenvalue weighted by molar-refractivity contribution is 6.03. The fourth-order valence-electron chi connectivity index (χ4n) is 1.60. The zero-order valence-electron chi connectivity index (χ0n) is 11.2. The Kier molecular flexibility index (Phi) is 4.13. The second-order valence-corrected chi connectivity index (χ2v) is 4.34. The van der Waals surface area contributed by atoms with Crippen LogP contribution in [0.15, 0.2) is 41.7 Å². The number of benzene rings is 1. The van der Waals surface area contributed by atoms with Crippen LogP contribution in [0.5, 0.6) is 0 Å².